The van der Waals surface area contributed by atoms with Crippen LogP contribution in [0.5, 0.6) is 0 Å². The zero-order valence-electron chi connectivity index (χ0n) is 6.27. The van der Waals surface area contributed by atoms with Gasteiger partial charge in [0.1, 0.15) is 12.2 Å². The van der Waals surface area contributed by atoms with Crippen molar-refractivity contribution in [1.82, 2.24) is 0 Å². The largest absolute Gasteiger partial charge is 0.333 e. The molecule has 0 saturated carbocycles. The minimum atomic E-state index is -0.502. The molecule has 0 amide bonds. The van der Waals surface area contributed by atoms with Crippen molar-refractivity contribution in [3.63, 3.8) is 0 Å². The van der Waals surface area contributed by atoms with Crippen molar-refractivity contribution in [2.75, 3.05) is 7.11 Å². The maximum absolute atomic E-state index is 5.33. The summed E-state index contributed by atoms with van der Waals surface area (Å²) in [6.07, 6.45) is 7.88. The van der Waals surface area contributed by atoms with Gasteiger partial charge in [-0.25, -0.2) is 0 Å². The minimum Gasteiger partial charge on any atom is -0.333 e. The van der Waals surface area contributed by atoms with Crippen LogP contribution in [0, 0.1) is 0 Å². The SMILES string of the molecule is COC1O[C@H]2C=CC=C[C@H]2O1. The van der Waals surface area contributed by atoms with Crippen LogP contribution in [-0.2, 0) is 14.2 Å². The van der Waals surface area contributed by atoms with E-state index in [4.69, 9.17) is 14.2 Å². The second-order valence-electron chi connectivity index (χ2n) is 2.50. The molecule has 0 aromatic rings. The Morgan fingerprint density at radius 2 is 1.64 bits per heavy atom. The number of rotatable bonds is 1. The molecule has 3 atom stereocenters. The average Bonchev–Trinajstić information content (AvgIpc) is 2.46. The average molecular weight is 154 g/mol. The van der Waals surface area contributed by atoms with Crippen molar-refractivity contribution >= 4 is 0 Å². The van der Waals surface area contributed by atoms with Gasteiger partial charge in [-0.3, -0.25) is 0 Å². The lowest BCUT2D eigenvalue weighted by Gasteiger charge is -2.09. The van der Waals surface area contributed by atoms with E-state index < -0.39 is 6.48 Å². The molecule has 1 heterocycles. The highest BCUT2D eigenvalue weighted by atomic mass is 16.9. The van der Waals surface area contributed by atoms with Gasteiger partial charge < -0.3 is 14.2 Å². The number of hydrogen-bond donors (Lipinski definition) is 0. The lowest BCUT2D eigenvalue weighted by molar-refractivity contribution is -0.223. The van der Waals surface area contributed by atoms with Gasteiger partial charge in [0.25, 0.3) is 6.48 Å². The molecule has 11 heavy (non-hydrogen) atoms. The van der Waals surface area contributed by atoms with E-state index in [1.54, 1.807) is 7.11 Å². The summed E-state index contributed by atoms with van der Waals surface area (Å²) in [6.45, 7) is -0.502. The van der Waals surface area contributed by atoms with Gasteiger partial charge in [-0.2, -0.15) is 0 Å². The molecule has 60 valence electrons. The molecule has 3 nitrogen and oxygen atoms in total. The quantitative estimate of drug-likeness (QED) is 0.559. The molecule has 2 aliphatic rings. The molecule has 0 aromatic heterocycles. The zero-order chi connectivity index (χ0) is 7.68. The number of methoxy groups -OCH3 is 1. The molecule has 0 aromatic carbocycles. The predicted octanol–water partition coefficient (Wildman–Crippen LogP) is 0.826. The van der Waals surface area contributed by atoms with Gasteiger partial charge in [0.05, 0.1) is 0 Å². The maximum atomic E-state index is 5.33. The van der Waals surface area contributed by atoms with Crippen molar-refractivity contribution in [2.24, 2.45) is 0 Å². The third-order valence-corrected chi connectivity index (χ3v) is 1.77. The summed E-state index contributed by atoms with van der Waals surface area (Å²) in [7, 11) is 1.56. The Kier molecular flexibility index (Phi) is 1.77. The number of fused-ring (bicyclic) bond motifs is 1. The van der Waals surface area contributed by atoms with E-state index in [9.17, 15) is 0 Å². The highest BCUT2D eigenvalue weighted by Crippen LogP contribution is 2.23. The Bertz CT molecular complexity index is 178. The molecule has 0 radical (unpaired) electrons. The van der Waals surface area contributed by atoms with Gasteiger partial charge in [-0.15, -0.1) is 0 Å². The molecular formula is C8H10O3. The summed E-state index contributed by atoms with van der Waals surface area (Å²) in [5.41, 5.74) is 0. The summed E-state index contributed by atoms with van der Waals surface area (Å²) in [5, 5.41) is 0. The Morgan fingerprint density at radius 1 is 1.09 bits per heavy atom. The molecule has 0 spiro atoms. The summed E-state index contributed by atoms with van der Waals surface area (Å²) < 4.78 is 15.6. The van der Waals surface area contributed by atoms with Crippen LogP contribution in [0.1, 0.15) is 0 Å². The van der Waals surface area contributed by atoms with E-state index in [2.05, 4.69) is 0 Å². The fraction of sp³-hybridized carbons (Fsp3) is 0.500. The molecule has 0 bridgehead atoms. The molecule has 1 aliphatic heterocycles. The van der Waals surface area contributed by atoms with Crippen LogP contribution in [0.4, 0.5) is 0 Å². The molecular weight excluding hydrogens is 144 g/mol. The third kappa shape index (κ3) is 1.22. The van der Waals surface area contributed by atoms with Gasteiger partial charge in [-0.05, 0) is 0 Å². The van der Waals surface area contributed by atoms with Gasteiger partial charge in [-0.1, -0.05) is 24.3 Å². The van der Waals surface area contributed by atoms with E-state index in [0.29, 0.717) is 0 Å². The van der Waals surface area contributed by atoms with Crippen LogP contribution in [0.25, 0.3) is 0 Å². The zero-order valence-corrected chi connectivity index (χ0v) is 6.27. The predicted molar refractivity (Wildman–Crippen MR) is 38.8 cm³/mol. The fourth-order valence-corrected chi connectivity index (χ4v) is 1.21. The fourth-order valence-electron chi connectivity index (χ4n) is 1.21. The lowest BCUT2D eigenvalue weighted by Crippen LogP contribution is -2.18. The second-order valence-corrected chi connectivity index (χ2v) is 2.50. The van der Waals surface area contributed by atoms with E-state index in [1.807, 2.05) is 24.3 Å². The smallest absolute Gasteiger partial charge is 0.272 e. The van der Waals surface area contributed by atoms with Gasteiger partial charge >= 0.3 is 0 Å². The normalized spacial score (nSPS) is 41.0. The topological polar surface area (TPSA) is 27.7 Å². The molecule has 1 fully saturated rings. The molecule has 1 aliphatic carbocycles. The van der Waals surface area contributed by atoms with E-state index >= 15 is 0 Å². The summed E-state index contributed by atoms with van der Waals surface area (Å²) >= 11 is 0. The highest BCUT2D eigenvalue weighted by Gasteiger charge is 2.33. The van der Waals surface area contributed by atoms with Crippen LogP contribution >= 0.6 is 0 Å². The van der Waals surface area contributed by atoms with E-state index in [-0.39, 0.29) is 12.2 Å². The summed E-state index contributed by atoms with van der Waals surface area (Å²) in [5.74, 6) is 0. The molecule has 2 rings (SSSR count). The van der Waals surface area contributed by atoms with Crippen molar-refractivity contribution in [2.45, 2.75) is 18.7 Å². The van der Waals surface area contributed by atoms with Crippen LogP contribution in [0.3, 0.4) is 0 Å². The van der Waals surface area contributed by atoms with Gasteiger partial charge in [0, 0.05) is 7.11 Å². The van der Waals surface area contributed by atoms with E-state index in [1.165, 1.54) is 0 Å². The maximum Gasteiger partial charge on any atom is 0.272 e. The van der Waals surface area contributed by atoms with E-state index in [0.717, 1.165) is 0 Å². The monoisotopic (exact) mass is 154 g/mol. The Balaban J connectivity index is 2.06. The molecule has 3 heteroatoms. The van der Waals surface area contributed by atoms with Crippen LogP contribution in [-0.4, -0.2) is 25.8 Å². The number of hydrogen-bond acceptors (Lipinski definition) is 3. The van der Waals surface area contributed by atoms with Gasteiger partial charge in [0.15, 0.2) is 0 Å². The number of allylic oxidation sites excluding steroid dienone is 2. The van der Waals surface area contributed by atoms with Crippen molar-refractivity contribution in [1.29, 1.82) is 0 Å². The first-order valence-electron chi connectivity index (χ1n) is 3.59. The van der Waals surface area contributed by atoms with Gasteiger partial charge in [0.2, 0.25) is 0 Å². The first-order valence-corrected chi connectivity index (χ1v) is 3.59. The van der Waals surface area contributed by atoms with Crippen molar-refractivity contribution in [3.8, 4) is 0 Å². The Labute approximate surface area is 65.2 Å². The minimum absolute atomic E-state index is 0.0324. The Hall–Kier alpha value is -0.640. The lowest BCUT2D eigenvalue weighted by atomic mass is 10.1. The van der Waals surface area contributed by atoms with Crippen LogP contribution < -0.4 is 0 Å². The Morgan fingerprint density at radius 3 is 2.09 bits per heavy atom. The first-order chi connectivity index (χ1) is 5.40. The van der Waals surface area contributed by atoms with Crippen molar-refractivity contribution < 1.29 is 14.2 Å². The highest BCUT2D eigenvalue weighted by molar-refractivity contribution is 5.17. The van der Waals surface area contributed by atoms with Crippen LogP contribution in [0.15, 0.2) is 24.3 Å². The van der Waals surface area contributed by atoms with Crippen LogP contribution in [0.2, 0.25) is 0 Å². The van der Waals surface area contributed by atoms with Crippen molar-refractivity contribution in [3.05, 3.63) is 24.3 Å². The second kappa shape index (κ2) is 2.77. The number of ether oxygens (including phenoxy) is 3. The molecule has 1 unspecified atom stereocenters. The summed E-state index contributed by atoms with van der Waals surface area (Å²) in [6, 6.07) is 0. The first kappa shape index (κ1) is 7.03. The summed E-state index contributed by atoms with van der Waals surface area (Å²) in [4.78, 5) is 0. The third-order valence-electron chi connectivity index (χ3n) is 1.77. The molecule has 0 N–H and O–H groups in total. The standard InChI is InChI=1S/C8H10O3/c1-9-8-10-6-4-2-3-5-7(6)11-8/h2-8H,1H3/t6-,7+,8?. The molecule has 1 saturated heterocycles.